The van der Waals surface area contributed by atoms with Crippen LogP contribution in [0, 0.1) is 13.8 Å². The van der Waals surface area contributed by atoms with Gasteiger partial charge in [-0.2, -0.15) is 5.10 Å². The highest BCUT2D eigenvalue weighted by molar-refractivity contribution is 6.40. The lowest BCUT2D eigenvalue weighted by Gasteiger charge is -2.24. The van der Waals surface area contributed by atoms with Crippen molar-refractivity contribution >= 4 is 23.2 Å². The lowest BCUT2D eigenvalue weighted by atomic mass is 10.1. The molecule has 0 unspecified atom stereocenters. The van der Waals surface area contributed by atoms with Crippen molar-refractivity contribution in [3.63, 3.8) is 0 Å². The Hall–Kier alpha value is -2.95. The summed E-state index contributed by atoms with van der Waals surface area (Å²) in [6.45, 7) is 4.39. The van der Waals surface area contributed by atoms with Gasteiger partial charge in [0.05, 0.1) is 5.69 Å². The van der Waals surface area contributed by atoms with Gasteiger partial charge in [-0.05, 0) is 31.0 Å². The molecule has 25 heavy (non-hydrogen) atoms. The van der Waals surface area contributed by atoms with Crippen LogP contribution < -0.4 is 10.3 Å². The first-order valence-electron chi connectivity index (χ1n) is 8.34. The van der Waals surface area contributed by atoms with Gasteiger partial charge in [0.15, 0.2) is 0 Å². The summed E-state index contributed by atoms with van der Waals surface area (Å²) in [6, 6.07) is 15.5. The van der Waals surface area contributed by atoms with Gasteiger partial charge < -0.3 is 5.32 Å². The molecule has 1 aliphatic rings. The third kappa shape index (κ3) is 3.94. The zero-order valence-electron chi connectivity index (χ0n) is 14.5. The molecule has 0 radical (unpaired) electrons. The molecule has 0 bridgehead atoms. The zero-order valence-corrected chi connectivity index (χ0v) is 14.5. The molecule has 0 saturated carbocycles. The standard InChI is InChI=1S/C20H21N3O2/c1-14-7-9-16(10-8-14)13-21-20(25)17-11-12-19(24)23(22-17)18-6-4-3-5-15(18)2/h3-10H,11-13H2,1-2H3,(H,21,25). The molecule has 0 saturated heterocycles. The summed E-state index contributed by atoms with van der Waals surface area (Å²) in [7, 11) is 0. The highest BCUT2D eigenvalue weighted by Crippen LogP contribution is 2.23. The van der Waals surface area contributed by atoms with Crippen LogP contribution in [0.2, 0.25) is 0 Å². The van der Waals surface area contributed by atoms with E-state index >= 15 is 0 Å². The molecule has 0 fully saturated rings. The van der Waals surface area contributed by atoms with Gasteiger partial charge in [0.25, 0.3) is 5.91 Å². The van der Waals surface area contributed by atoms with Crippen LogP contribution in [0.25, 0.3) is 0 Å². The maximum Gasteiger partial charge on any atom is 0.267 e. The second-order valence-corrected chi connectivity index (χ2v) is 6.21. The predicted molar refractivity (Wildman–Crippen MR) is 98.4 cm³/mol. The lowest BCUT2D eigenvalue weighted by Crippen LogP contribution is -2.39. The summed E-state index contributed by atoms with van der Waals surface area (Å²) in [5.74, 6) is -0.323. The average Bonchev–Trinajstić information content (AvgIpc) is 2.62. The first-order chi connectivity index (χ1) is 12.0. The molecule has 2 aromatic carbocycles. The van der Waals surface area contributed by atoms with Gasteiger partial charge in [-0.3, -0.25) is 9.59 Å². The molecule has 1 heterocycles. The van der Waals surface area contributed by atoms with Crippen molar-refractivity contribution < 1.29 is 9.59 Å². The summed E-state index contributed by atoms with van der Waals surface area (Å²) < 4.78 is 0. The Labute approximate surface area is 147 Å². The Morgan fingerprint density at radius 2 is 1.80 bits per heavy atom. The Balaban J connectivity index is 1.73. The van der Waals surface area contributed by atoms with E-state index in [1.807, 2.05) is 62.4 Å². The molecule has 0 aliphatic carbocycles. The van der Waals surface area contributed by atoms with Crippen LogP contribution in [0.1, 0.15) is 29.5 Å². The third-order valence-corrected chi connectivity index (χ3v) is 4.21. The van der Waals surface area contributed by atoms with Gasteiger partial charge in [-0.1, -0.05) is 48.0 Å². The number of amides is 2. The molecule has 3 rings (SSSR count). The van der Waals surface area contributed by atoms with Crippen molar-refractivity contribution in [2.45, 2.75) is 33.2 Å². The van der Waals surface area contributed by atoms with Crippen LogP contribution in [0.15, 0.2) is 53.6 Å². The second kappa shape index (κ2) is 7.30. The number of rotatable bonds is 4. The van der Waals surface area contributed by atoms with Crippen molar-refractivity contribution in [1.82, 2.24) is 5.32 Å². The normalized spacial score (nSPS) is 14.2. The number of hydrazone groups is 1. The van der Waals surface area contributed by atoms with Gasteiger partial charge in [0.2, 0.25) is 5.91 Å². The van der Waals surface area contributed by atoms with Gasteiger partial charge in [0.1, 0.15) is 5.71 Å². The van der Waals surface area contributed by atoms with E-state index < -0.39 is 0 Å². The maximum atomic E-state index is 12.4. The molecular weight excluding hydrogens is 314 g/mol. The van der Waals surface area contributed by atoms with Gasteiger partial charge in [-0.15, -0.1) is 0 Å². The fourth-order valence-corrected chi connectivity index (χ4v) is 2.70. The summed E-state index contributed by atoms with van der Waals surface area (Å²) >= 11 is 0. The second-order valence-electron chi connectivity index (χ2n) is 6.21. The van der Waals surface area contributed by atoms with E-state index in [4.69, 9.17) is 0 Å². The largest absolute Gasteiger partial charge is 0.347 e. The SMILES string of the molecule is Cc1ccc(CNC(=O)C2=NN(c3ccccc3C)C(=O)CC2)cc1. The number of nitrogens with one attached hydrogen (secondary N) is 1. The molecule has 0 atom stereocenters. The van der Waals surface area contributed by atoms with Crippen LogP contribution in [-0.2, 0) is 16.1 Å². The molecule has 5 nitrogen and oxygen atoms in total. The number of aryl methyl sites for hydroxylation is 2. The number of carbonyl (C=O) groups excluding carboxylic acids is 2. The third-order valence-electron chi connectivity index (χ3n) is 4.21. The van der Waals surface area contributed by atoms with E-state index in [9.17, 15) is 9.59 Å². The molecular formula is C20H21N3O2. The molecule has 128 valence electrons. The number of benzene rings is 2. The maximum absolute atomic E-state index is 12.4. The molecule has 2 amide bonds. The number of carbonyl (C=O) groups is 2. The highest BCUT2D eigenvalue weighted by Gasteiger charge is 2.26. The Kier molecular flexibility index (Phi) is 4.93. The number of hydrogen-bond acceptors (Lipinski definition) is 3. The highest BCUT2D eigenvalue weighted by atomic mass is 16.2. The van der Waals surface area contributed by atoms with E-state index in [0.717, 1.165) is 16.8 Å². The van der Waals surface area contributed by atoms with E-state index in [1.165, 1.54) is 10.6 Å². The zero-order chi connectivity index (χ0) is 17.8. The van der Waals surface area contributed by atoms with Gasteiger partial charge >= 0.3 is 0 Å². The van der Waals surface area contributed by atoms with Crippen molar-refractivity contribution in [2.75, 3.05) is 5.01 Å². The summed E-state index contributed by atoms with van der Waals surface area (Å²) in [4.78, 5) is 24.6. The van der Waals surface area contributed by atoms with Crippen molar-refractivity contribution in [2.24, 2.45) is 5.10 Å². The quantitative estimate of drug-likeness (QED) is 0.933. The summed E-state index contributed by atoms with van der Waals surface area (Å²) in [5.41, 5.74) is 4.26. The Morgan fingerprint density at radius 1 is 1.08 bits per heavy atom. The van der Waals surface area contributed by atoms with Crippen LogP contribution in [-0.4, -0.2) is 17.5 Å². The van der Waals surface area contributed by atoms with Crippen LogP contribution in [0.4, 0.5) is 5.69 Å². The Morgan fingerprint density at radius 3 is 2.52 bits per heavy atom. The van der Waals surface area contributed by atoms with Crippen molar-refractivity contribution in [1.29, 1.82) is 0 Å². The smallest absolute Gasteiger partial charge is 0.267 e. The minimum atomic E-state index is -0.230. The van der Waals surface area contributed by atoms with Crippen LogP contribution in [0.5, 0.6) is 0 Å². The summed E-state index contributed by atoms with van der Waals surface area (Å²) in [5, 5.41) is 8.54. The molecule has 2 aromatic rings. The molecule has 1 aliphatic heterocycles. The predicted octanol–water partition coefficient (Wildman–Crippen LogP) is 3.10. The monoisotopic (exact) mass is 335 g/mol. The van der Waals surface area contributed by atoms with Gasteiger partial charge in [0, 0.05) is 19.4 Å². The van der Waals surface area contributed by atoms with Gasteiger partial charge in [-0.25, -0.2) is 5.01 Å². The average molecular weight is 335 g/mol. The van der Waals surface area contributed by atoms with E-state index in [-0.39, 0.29) is 18.2 Å². The van der Waals surface area contributed by atoms with Crippen LogP contribution in [0.3, 0.4) is 0 Å². The Bertz CT molecular complexity index is 825. The number of para-hydroxylation sites is 1. The van der Waals surface area contributed by atoms with E-state index in [1.54, 1.807) is 0 Å². The van der Waals surface area contributed by atoms with Crippen molar-refractivity contribution in [3.05, 3.63) is 65.2 Å². The first-order valence-corrected chi connectivity index (χ1v) is 8.34. The minimum absolute atomic E-state index is 0.0932. The summed E-state index contributed by atoms with van der Waals surface area (Å²) in [6.07, 6.45) is 0.645. The molecule has 0 spiro atoms. The number of hydrogen-bond donors (Lipinski definition) is 1. The fraction of sp³-hybridized carbons (Fsp3) is 0.250. The van der Waals surface area contributed by atoms with Crippen molar-refractivity contribution in [3.8, 4) is 0 Å². The topological polar surface area (TPSA) is 61.8 Å². The first kappa shape index (κ1) is 16.9. The molecule has 0 aromatic heterocycles. The number of nitrogens with zero attached hydrogens (tertiary/aromatic N) is 2. The van der Waals surface area contributed by atoms with E-state index in [2.05, 4.69) is 10.4 Å². The minimum Gasteiger partial charge on any atom is -0.347 e. The molecule has 5 heteroatoms. The fourth-order valence-electron chi connectivity index (χ4n) is 2.70. The van der Waals surface area contributed by atoms with E-state index in [0.29, 0.717) is 18.7 Å². The number of anilines is 1. The molecule has 1 N–H and O–H groups in total. The lowest BCUT2D eigenvalue weighted by molar-refractivity contribution is -0.119. The van der Waals surface area contributed by atoms with Crippen LogP contribution >= 0.6 is 0 Å².